The monoisotopic (exact) mass is 298 g/mol. The molecule has 4 heteroatoms. The lowest BCUT2D eigenvalue weighted by Crippen LogP contribution is -2.24. The lowest BCUT2D eigenvalue weighted by atomic mass is 10.1. The maximum Gasteiger partial charge on any atom is 0.308 e. The van der Waals surface area contributed by atoms with E-state index in [1.165, 1.54) is 5.56 Å². The topological polar surface area (TPSA) is 35.5 Å². The van der Waals surface area contributed by atoms with Gasteiger partial charge in [-0.25, -0.2) is 0 Å². The zero-order chi connectivity index (χ0) is 15.0. The minimum Gasteiger partial charge on any atom is -0.460 e. The van der Waals surface area contributed by atoms with E-state index >= 15 is 0 Å². The van der Waals surface area contributed by atoms with Crippen LogP contribution in [0.2, 0.25) is 0 Å². The van der Waals surface area contributed by atoms with E-state index in [0.29, 0.717) is 25.5 Å². The number of benzene rings is 1. The summed E-state index contributed by atoms with van der Waals surface area (Å²) in [5.74, 6) is 0.300. The fourth-order valence-corrected chi connectivity index (χ4v) is 1.87. The van der Waals surface area contributed by atoms with Gasteiger partial charge in [-0.1, -0.05) is 24.3 Å². The molecule has 0 unspecified atom stereocenters. The summed E-state index contributed by atoms with van der Waals surface area (Å²) in [4.78, 5) is 11.5. The summed E-state index contributed by atoms with van der Waals surface area (Å²) in [6, 6.07) is 8.12. The number of ether oxygens (including phenoxy) is 2. The van der Waals surface area contributed by atoms with Gasteiger partial charge in [0.25, 0.3) is 0 Å². The predicted octanol–water partition coefficient (Wildman–Crippen LogP) is 3.72. The van der Waals surface area contributed by atoms with Gasteiger partial charge in [0.1, 0.15) is 5.60 Å². The van der Waals surface area contributed by atoms with Crippen molar-refractivity contribution in [1.29, 1.82) is 0 Å². The number of alkyl halides is 1. The lowest BCUT2D eigenvalue weighted by molar-refractivity contribution is -0.156. The summed E-state index contributed by atoms with van der Waals surface area (Å²) in [6.07, 6.45) is 1.11. The standard InChI is InChI=1S/C16H23ClO3/c1-16(2,3)20-15(18)8-10-19-9-7-13-5-4-6-14(11-13)12-17/h4-6,11H,7-10,12H2,1-3H3. The first-order valence-corrected chi connectivity index (χ1v) is 7.37. The summed E-state index contributed by atoms with van der Waals surface area (Å²) in [7, 11) is 0. The van der Waals surface area contributed by atoms with Gasteiger partial charge in [0, 0.05) is 5.88 Å². The van der Waals surface area contributed by atoms with E-state index in [1.54, 1.807) is 0 Å². The van der Waals surface area contributed by atoms with Crippen molar-refractivity contribution in [3.63, 3.8) is 0 Å². The predicted molar refractivity (Wildman–Crippen MR) is 81.0 cm³/mol. The molecule has 1 rings (SSSR count). The van der Waals surface area contributed by atoms with Gasteiger partial charge >= 0.3 is 5.97 Å². The largest absolute Gasteiger partial charge is 0.460 e. The highest BCUT2D eigenvalue weighted by Crippen LogP contribution is 2.09. The van der Waals surface area contributed by atoms with Crippen LogP contribution in [0.25, 0.3) is 0 Å². The van der Waals surface area contributed by atoms with Crippen LogP contribution in [0.1, 0.15) is 38.3 Å². The highest BCUT2D eigenvalue weighted by atomic mass is 35.5. The second-order valence-electron chi connectivity index (χ2n) is 5.65. The molecular formula is C16H23ClO3. The Labute approximate surface area is 126 Å². The number of halogens is 1. The highest BCUT2D eigenvalue weighted by Gasteiger charge is 2.15. The molecule has 0 spiro atoms. The smallest absolute Gasteiger partial charge is 0.308 e. The van der Waals surface area contributed by atoms with Crippen LogP contribution in [0.5, 0.6) is 0 Å². The van der Waals surface area contributed by atoms with E-state index in [1.807, 2.05) is 39.0 Å². The normalized spacial score (nSPS) is 11.4. The molecule has 0 aliphatic rings. The minimum absolute atomic E-state index is 0.221. The van der Waals surface area contributed by atoms with Crippen LogP contribution in [0.4, 0.5) is 0 Å². The van der Waals surface area contributed by atoms with Crippen molar-refractivity contribution < 1.29 is 14.3 Å². The third-order valence-electron chi connectivity index (χ3n) is 2.55. The molecule has 0 fully saturated rings. The Hall–Kier alpha value is -1.06. The lowest BCUT2D eigenvalue weighted by Gasteiger charge is -2.19. The van der Waals surface area contributed by atoms with E-state index < -0.39 is 5.60 Å². The number of rotatable bonds is 7. The van der Waals surface area contributed by atoms with Crippen molar-refractivity contribution in [2.24, 2.45) is 0 Å². The molecule has 0 aromatic heterocycles. The van der Waals surface area contributed by atoms with Crippen LogP contribution in [-0.2, 0) is 26.6 Å². The molecule has 1 aromatic rings. The quantitative estimate of drug-likeness (QED) is 0.437. The van der Waals surface area contributed by atoms with Crippen molar-refractivity contribution in [3.05, 3.63) is 35.4 Å². The molecule has 0 N–H and O–H groups in total. The van der Waals surface area contributed by atoms with E-state index in [0.717, 1.165) is 12.0 Å². The Kier molecular flexibility index (Phi) is 7.03. The van der Waals surface area contributed by atoms with Crippen LogP contribution < -0.4 is 0 Å². The zero-order valence-electron chi connectivity index (χ0n) is 12.4. The minimum atomic E-state index is -0.431. The molecule has 0 aliphatic carbocycles. The molecule has 0 amide bonds. The van der Waals surface area contributed by atoms with Gasteiger partial charge in [-0.3, -0.25) is 4.79 Å². The first-order chi connectivity index (χ1) is 9.40. The summed E-state index contributed by atoms with van der Waals surface area (Å²) in [5.41, 5.74) is 1.87. The Morgan fingerprint density at radius 1 is 1.20 bits per heavy atom. The van der Waals surface area contributed by atoms with E-state index in [4.69, 9.17) is 21.1 Å². The third kappa shape index (κ3) is 7.51. The number of hydrogen-bond donors (Lipinski definition) is 0. The molecular weight excluding hydrogens is 276 g/mol. The highest BCUT2D eigenvalue weighted by molar-refractivity contribution is 6.17. The molecule has 3 nitrogen and oxygen atoms in total. The molecule has 0 aliphatic heterocycles. The maximum atomic E-state index is 11.5. The van der Waals surface area contributed by atoms with E-state index in [9.17, 15) is 4.79 Å². The van der Waals surface area contributed by atoms with Crippen molar-refractivity contribution in [2.75, 3.05) is 13.2 Å². The Balaban J connectivity index is 2.17. The van der Waals surface area contributed by atoms with Crippen molar-refractivity contribution >= 4 is 17.6 Å². The second kappa shape index (κ2) is 8.28. The van der Waals surface area contributed by atoms with Crippen molar-refractivity contribution in [3.8, 4) is 0 Å². The third-order valence-corrected chi connectivity index (χ3v) is 2.86. The molecule has 0 heterocycles. The maximum absolute atomic E-state index is 11.5. The van der Waals surface area contributed by atoms with E-state index in [2.05, 4.69) is 6.07 Å². The van der Waals surface area contributed by atoms with Crippen LogP contribution in [0, 0.1) is 0 Å². The van der Waals surface area contributed by atoms with Crippen molar-refractivity contribution in [1.82, 2.24) is 0 Å². The average Bonchev–Trinajstić information content (AvgIpc) is 2.36. The summed E-state index contributed by atoms with van der Waals surface area (Å²) in [5, 5.41) is 0. The van der Waals surface area contributed by atoms with Gasteiger partial charge in [-0.2, -0.15) is 0 Å². The zero-order valence-corrected chi connectivity index (χ0v) is 13.2. The number of esters is 1. The number of carbonyl (C=O) groups is 1. The fraction of sp³-hybridized carbons (Fsp3) is 0.562. The van der Waals surface area contributed by atoms with Crippen LogP contribution in [0.15, 0.2) is 24.3 Å². The molecule has 0 atom stereocenters. The van der Waals surface area contributed by atoms with Gasteiger partial charge in [-0.15, -0.1) is 11.6 Å². The first kappa shape index (κ1) is 17.0. The second-order valence-corrected chi connectivity index (χ2v) is 5.92. The molecule has 20 heavy (non-hydrogen) atoms. The number of hydrogen-bond acceptors (Lipinski definition) is 3. The van der Waals surface area contributed by atoms with Gasteiger partial charge in [0.05, 0.1) is 19.6 Å². The van der Waals surface area contributed by atoms with Crippen LogP contribution in [0.3, 0.4) is 0 Å². The van der Waals surface area contributed by atoms with Gasteiger partial charge in [0.15, 0.2) is 0 Å². The fourth-order valence-electron chi connectivity index (χ4n) is 1.71. The molecule has 112 valence electrons. The SMILES string of the molecule is CC(C)(C)OC(=O)CCOCCc1cccc(CCl)c1. The van der Waals surface area contributed by atoms with Gasteiger partial charge < -0.3 is 9.47 Å². The molecule has 0 bridgehead atoms. The molecule has 0 radical (unpaired) electrons. The summed E-state index contributed by atoms with van der Waals surface area (Å²) >= 11 is 5.79. The van der Waals surface area contributed by atoms with Crippen molar-refractivity contribution in [2.45, 2.75) is 45.1 Å². The van der Waals surface area contributed by atoms with E-state index in [-0.39, 0.29) is 5.97 Å². The molecule has 0 saturated heterocycles. The Morgan fingerprint density at radius 2 is 1.90 bits per heavy atom. The summed E-state index contributed by atoms with van der Waals surface area (Å²) in [6.45, 7) is 6.56. The van der Waals surface area contributed by atoms with Crippen LogP contribution in [-0.4, -0.2) is 24.8 Å². The van der Waals surface area contributed by atoms with Gasteiger partial charge in [-0.05, 0) is 38.3 Å². The van der Waals surface area contributed by atoms with Crippen LogP contribution >= 0.6 is 11.6 Å². The summed E-state index contributed by atoms with van der Waals surface area (Å²) < 4.78 is 10.7. The van der Waals surface area contributed by atoms with Gasteiger partial charge in [0.2, 0.25) is 0 Å². The Morgan fingerprint density at radius 3 is 2.55 bits per heavy atom. The average molecular weight is 299 g/mol. The Bertz CT molecular complexity index is 424. The molecule has 1 aromatic carbocycles. The first-order valence-electron chi connectivity index (χ1n) is 6.84. The number of carbonyl (C=O) groups excluding carboxylic acids is 1. The molecule has 0 saturated carbocycles.